The van der Waals surface area contributed by atoms with E-state index in [4.69, 9.17) is 0 Å². The van der Waals surface area contributed by atoms with Gasteiger partial charge in [-0.15, -0.1) is 6.58 Å². The monoisotopic (exact) mass is 348 g/mol. The lowest BCUT2D eigenvalue weighted by Crippen LogP contribution is -2.30. The average molecular weight is 348 g/mol. The second kappa shape index (κ2) is 6.59. The van der Waals surface area contributed by atoms with Gasteiger partial charge in [-0.25, -0.2) is 0 Å². The summed E-state index contributed by atoms with van der Waals surface area (Å²) < 4.78 is 0. The van der Waals surface area contributed by atoms with Gasteiger partial charge in [-0.1, -0.05) is 24.3 Å². The maximum atomic E-state index is 13.2. The Hall–Kier alpha value is -3.21. The first kappa shape index (κ1) is 17.6. The first-order valence-electron chi connectivity index (χ1n) is 8.33. The molecule has 1 N–H and O–H groups in total. The van der Waals surface area contributed by atoms with E-state index < -0.39 is 11.8 Å². The third kappa shape index (κ3) is 2.71. The number of amides is 3. The van der Waals surface area contributed by atoms with Crippen molar-refractivity contribution in [3.63, 3.8) is 0 Å². The van der Waals surface area contributed by atoms with Crippen molar-refractivity contribution in [2.75, 3.05) is 11.9 Å². The molecule has 0 fully saturated rings. The number of imide groups is 1. The number of carbonyl (C=O) groups excluding carboxylic acids is 3. The van der Waals surface area contributed by atoms with Crippen LogP contribution in [0.15, 0.2) is 43.0 Å². The smallest absolute Gasteiger partial charge is 0.259 e. The molecule has 1 heterocycles. The van der Waals surface area contributed by atoms with Crippen molar-refractivity contribution in [2.24, 2.45) is 0 Å². The minimum atomic E-state index is -0.533. The van der Waals surface area contributed by atoms with E-state index in [0.29, 0.717) is 6.42 Å². The van der Waals surface area contributed by atoms with Crippen molar-refractivity contribution >= 4 is 23.4 Å². The van der Waals surface area contributed by atoms with Crippen LogP contribution in [0.1, 0.15) is 47.8 Å². The molecule has 26 heavy (non-hydrogen) atoms. The highest BCUT2D eigenvalue weighted by molar-refractivity contribution is 6.26. The molecule has 0 aromatic heterocycles. The SMILES string of the molecule is C=CCc1c(C)ccc(C)c1N(C)C(=O)c1cccc2c1C(=O)NC2=O. The predicted molar refractivity (Wildman–Crippen MR) is 101 cm³/mol. The van der Waals surface area contributed by atoms with Gasteiger partial charge in [0.25, 0.3) is 17.7 Å². The van der Waals surface area contributed by atoms with Gasteiger partial charge >= 0.3 is 0 Å². The zero-order valence-electron chi connectivity index (χ0n) is 15.1. The van der Waals surface area contributed by atoms with Gasteiger partial charge in [0, 0.05) is 7.05 Å². The van der Waals surface area contributed by atoms with Crippen LogP contribution in [0.5, 0.6) is 0 Å². The molecule has 5 nitrogen and oxygen atoms in total. The van der Waals surface area contributed by atoms with Crippen LogP contribution in [0.2, 0.25) is 0 Å². The van der Waals surface area contributed by atoms with E-state index in [2.05, 4.69) is 11.9 Å². The van der Waals surface area contributed by atoms with Gasteiger partial charge in [0.05, 0.1) is 22.4 Å². The lowest BCUT2D eigenvalue weighted by atomic mass is 9.97. The van der Waals surface area contributed by atoms with E-state index in [0.717, 1.165) is 22.4 Å². The van der Waals surface area contributed by atoms with Gasteiger partial charge in [-0.2, -0.15) is 0 Å². The predicted octanol–water partition coefficient (Wildman–Crippen LogP) is 3.19. The Bertz CT molecular complexity index is 960. The summed E-state index contributed by atoms with van der Waals surface area (Å²) in [7, 11) is 1.69. The number of allylic oxidation sites excluding steroid dienone is 1. The molecule has 0 unspecified atom stereocenters. The number of anilines is 1. The largest absolute Gasteiger partial charge is 0.311 e. The maximum absolute atomic E-state index is 13.2. The molecule has 0 atom stereocenters. The molecule has 0 bridgehead atoms. The van der Waals surface area contributed by atoms with Crippen molar-refractivity contribution in [3.05, 3.63) is 76.4 Å². The summed E-state index contributed by atoms with van der Waals surface area (Å²) in [6, 6.07) is 8.72. The first-order valence-corrected chi connectivity index (χ1v) is 8.33. The van der Waals surface area contributed by atoms with Crippen LogP contribution in [-0.2, 0) is 6.42 Å². The summed E-state index contributed by atoms with van der Waals surface area (Å²) in [6.45, 7) is 7.74. The number of benzene rings is 2. The van der Waals surface area contributed by atoms with Crippen LogP contribution in [-0.4, -0.2) is 24.8 Å². The third-order valence-electron chi connectivity index (χ3n) is 4.70. The van der Waals surface area contributed by atoms with Crippen molar-refractivity contribution in [3.8, 4) is 0 Å². The van der Waals surface area contributed by atoms with Crippen LogP contribution < -0.4 is 10.2 Å². The summed E-state index contributed by atoms with van der Waals surface area (Å²) in [4.78, 5) is 38.7. The number of rotatable bonds is 4. The Labute approximate surface area is 152 Å². The van der Waals surface area contributed by atoms with Gasteiger partial charge in [0.1, 0.15) is 0 Å². The molecule has 0 saturated carbocycles. The number of nitrogens with zero attached hydrogens (tertiary/aromatic N) is 1. The molecule has 0 radical (unpaired) electrons. The number of hydrogen-bond donors (Lipinski definition) is 1. The third-order valence-corrected chi connectivity index (χ3v) is 4.70. The van der Waals surface area contributed by atoms with Crippen molar-refractivity contribution in [2.45, 2.75) is 20.3 Å². The molecule has 0 spiro atoms. The lowest BCUT2D eigenvalue weighted by molar-refractivity contribution is 0.0874. The van der Waals surface area contributed by atoms with Gasteiger partial charge in [-0.3, -0.25) is 19.7 Å². The fourth-order valence-corrected chi connectivity index (χ4v) is 3.40. The van der Waals surface area contributed by atoms with Crippen LogP contribution >= 0.6 is 0 Å². The highest BCUT2D eigenvalue weighted by Gasteiger charge is 2.32. The Morgan fingerprint density at radius 3 is 2.50 bits per heavy atom. The Balaban J connectivity index is 2.12. The quantitative estimate of drug-likeness (QED) is 0.682. The van der Waals surface area contributed by atoms with Crippen molar-refractivity contribution in [1.29, 1.82) is 0 Å². The summed E-state index contributed by atoms with van der Waals surface area (Å²) in [5.74, 6) is -1.33. The molecule has 1 aliphatic heterocycles. The molecule has 1 aliphatic rings. The van der Waals surface area contributed by atoms with E-state index in [1.165, 1.54) is 0 Å². The number of aryl methyl sites for hydroxylation is 2. The molecule has 3 amide bonds. The molecule has 3 rings (SSSR count). The Morgan fingerprint density at radius 1 is 1.12 bits per heavy atom. The van der Waals surface area contributed by atoms with E-state index in [-0.39, 0.29) is 22.6 Å². The highest BCUT2D eigenvalue weighted by atomic mass is 16.2. The molecule has 2 aromatic rings. The average Bonchev–Trinajstić information content (AvgIpc) is 2.92. The minimum Gasteiger partial charge on any atom is -0.311 e. The standard InChI is InChI=1S/C21H20N2O3/c1-5-7-14-12(2)10-11-13(3)18(14)23(4)21(26)16-9-6-8-15-17(16)20(25)22-19(15)24/h5-6,8-11H,1,7H2,2-4H3,(H,22,24,25). The van der Waals surface area contributed by atoms with E-state index in [1.54, 1.807) is 36.2 Å². The van der Waals surface area contributed by atoms with E-state index in [1.807, 2.05) is 26.0 Å². The molecular formula is C21H20N2O3. The second-order valence-electron chi connectivity index (χ2n) is 6.39. The minimum absolute atomic E-state index is 0.143. The van der Waals surface area contributed by atoms with Crippen molar-refractivity contribution < 1.29 is 14.4 Å². The molecule has 0 saturated heterocycles. The second-order valence-corrected chi connectivity index (χ2v) is 6.39. The first-order chi connectivity index (χ1) is 12.4. The fraction of sp³-hybridized carbons (Fsp3) is 0.190. The van der Waals surface area contributed by atoms with Gasteiger partial charge < -0.3 is 4.90 Å². The summed E-state index contributed by atoms with van der Waals surface area (Å²) in [6.07, 6.45) is 2.43. The zero-order valence-corrected chi connectivity index (χ0v) is 15.1. The zero-order chi connectivity index (χ0) is 19.0. The topological polar surface area (TPSA) is 66.5 Å². The number of nitrogens with one attached hydrogen (secondary N) is 1. The fourth-order valence-electron chi connectivity index (χ4n) is 3.40. The molecular weight excluding hydrogens is 328 g/mol. The number of hydrogen-bond acceptors (Lipinski definition) is 3. The number of carbonyl (C=O) groups is 3. The van der Waals surface area contributed by atoms with Crippen LogP contribution in [0.4, 0.5) is 5.69 Å². The number of fused-ring (bicyclic) bond motifs is 1. The van der Waals surface area contributed by atoms with Crippen LogP contribution in [0.25, 0.3) is 0 Å². The molecule has 0 aliphatic carbocycles. The Kier molecular flexibility index (Phi) is 4.47. The van der Waals surface area contributed by atoms with E-state index in [9.17, 15) is 14.4 Å². The summed E-state index contributed by atoms with van der Waals surface area (Å²) >= 11 is 0. The summed E-state index contributed by atoms with van der Waals surface area (Å²) in [5.41, 5.74) is 4.44. The Morgan fingerprint density at radius 2 is 1.81 bits per heavy atom. The maximum Gasteiger partial charge on any atom is 0.259 e. The normalized spacial score (nSPS) is 12.6. The van der Waals surface area contributed by atoms with Gasteiger partial charge in [0.2, 0.25) is 0 Å². The summed E-state index contributed by atoms with van der Waals surface area (Å²) in [5, 5.41) is 2.25. The highest BCUT2D eigenvalue weighted by Crippen LogP contribution is 2.30. The van der Waals surface area contributed by atoms with Crippen LogP contribution in [0.3, 0.4) is 0 Å². The molecule has 2 aromatic carbocycles. The van der Waals surface area contributed by atoms with Crippen molar-refractivity contribution in [1.82, 2.24) is 5.32 Å². The molecule has 5 heteroatoms. The van der Waals surface area contributed by atoms with Crippen LogP contribution in [0, 0.1) is 13.8 Å². The van der Waals surface area contributed by atoms with E-state index >= 15 is 0 Å². The van der Waals surface area contributed by atoms with Gasteiger partial charge in [0.15, 0.2) is 0 Å². The lowest BCUT2D eigenvalue weighted by Gasteiger charge is -2.24. The molecule has 132 valence electrons. The van der Waals surface area contributed by atoms with Gasteiger partial charge in [-0.05, 0) is 49.1 Å².